The number of fused-ring (bicyclic) bond motifs is 2. The van der Waals surface area contributed by atoms with Crippen molar-refractivity contribution >= 4 is 46.2 Å². The van der Waals surface area contributed by atoms with Crippen LogP contribution in [0.4, 0.5) is 0 Å². The molecule has 0 aliphatic rings. The standard InChI is InChI=1S/C18H18N4S.ClH/c1-3-22-16-7-5-4-6-14(16)19-17(22)11-23-18-20-13-9-8-12(2)10-15(13)21-18;/h4-10H,3,11H2,1-2H3,(H,20,21);1H. The van der Waals surface area contributed by atoms with Crippen molar-refractivity contribution in [3.8, 4) is 0 Å². The van der Waals surface area contributed by atoms with Crippen molar-refractivity contribution in [2.75, 3.05) is 0 Å². The number of nitrogens with one attached hydrogen (secondary N) is 1. The highest BCUT2D eigenvalue weighted by Crippen LogP contribution is 2.25. The number of nitrogens with zero attached hydrogens (tertiary/aromatic N) is 3. The van der Waals surface area contributed by atoms with Crippen LogP contribution in [0.5, 0.6) is 0 Å². The normalized spacial score (nSPS) is 11.1. The fourth-order valence-corrected chi connectivity index (χ4v) is 3.72. The van der Waals surface area contributed by atoms with Crippen LogP contribution >= 0.6 is 24.2 Å². The molecule has 2 aromatic heterocycles. The molecule has 0 aliphatic carbocycles. The second-order valence-electron chi connectivity index (χ2n) is 5.61. The van der Waals surface area contributed by atoms with Gasteiger partial charge < -0.3 is 9.55 Å². The average Bonchev–Trinajstić information content (AvgIpc) is 3.12. The summed E-state index contributed by atoms with van der Waals surface area (Å²) in [5.74, 6) is 1.90. The predicted molar refractivity (Wildman–Crippen MR) is 103 cm³/mol. The molecule has 4 rings (SSSR count). The first-order chi connectivity index (χ1) is 11.2. The summed E-state index contributed by atoms with van der Waals surface area (Å²) < 4.78 is 2.27. The molecule has 6 heteroatoms. The molecular formula is C18H19ClN4S. The number of imidazole rings is 2. The number of halogens is 1. The predicted octanol–water partition coefficient (Wildman–Crippen LogP) is 4.96. The molecule has 0 radical (unpaired) electrons. The van der Waals surface area contributed by atoms with E-state index in [1.807, 2.05) is 6.07 Å². The van der Waals surface area contributed by atoms with E-state index in [0.29, 0.717) is 0 Å². The molecule has 0 unspecified atom stereocenters. The summed E-state index contributed by atoms with van der Waals surface area (Å²) in [5, 5.41) is 0.945. The second-order valence-corrected chi connectivity index (χ2v) is 6.58. The first kappa shape index (κ1) is 16.9. The van der Waals surface area contributed by atoms with Crippen LogP contribution in [0.1, 0.15) is 18.3 Å². The molecular weight excluding hydrogens is 340 g/mol. The van der Waals surface area contributed by atoms with Crippen molar-refractivity contribution in [2.24, 2.45) is 0 Å². The summed E-state index contributed by atoms with van der Waals surface area (Å²) in [5.41, 5.74) is 5.61. The van der Waals surface area contributed by atoms with Crippen LogP contribution in [0.15, 0.2) is 47.6 Å². The summed E-state index contributed by atoms with van der Waals surface area (Å²) in [7, 11) is 0. The van der Waals surface area contributed by atoms with E-state index < -0.39 is 0 Å². The number of H-pyrrole nitrogens is 1. The van der Waals surface area contributed by atoms with Gasteiger partial charge in [-0.1, -0.05) is 30.0 Å². The number of hydrogen-bond donors (Lipinski definition) is 1. The molecule has 24 heavy (non-hydrogen) atoms. The lowest BCUT2D eigenvalue weighted by molar-refractivity contribution is 0.748. The molecule has 2 aromatic carbocycles. The van der Waals surface area contributed by atoms with Crippen LogP contribution in [-0.2, 0) is 12.3 Å². The van der Waals surface area contributed by atoms with Crippen molar-refractivity contribution in [1.29, 1.82) is 0 Å². The first-order valence-corrected chi connectivity index (χ1v) is 8.76. The fraction of sp³-hybridized carbons (Fsp3) is 0.222. The molecule has 0 fully saturated rings. The lowest BCUT2D eigenvalue weighted by Gasteiger charge is -2.04. The number of para-hydroxylation sites is 2. The maximum atomic E-state index is 4.77. The van der Waals surface area contributed by atoms with Crippen molar-refractivity contribution < 1.29 is 0 Å². The van der Waals surface area contributed by atoms with E-state index in [0.717, 1.165) is 39.8 Å². The molecule has 0 bridgehead atoms. The first-order valence-electron chi connectivity index (χ1n) is 7.78. The molecule has 0 amide bonds. The minimum Gasteiger partial charge on any atom is -0.333 e. The van der Waals surface area contributed by atoms with Crippen LogP contribution in [0.2, 0.25) is 0 Å². The van der Waals surface area contributed by atoms with Gasteiger partial charge in [0.1, 0.15) is 5.82 Å². The Morgan fingerprint density at radius 1 is 1.08 bits per heavy atom. The fourth-order valence-electron chi connectivity index (χ4n) is 2.89. The molecule has 4 nitrogen and oxygen atoms in total. The topological polar surface area (TPSA) is 46.5 Å². The Balaban J connectivity index is 0.00000169. The second kappa shape index (κ2) is 6.87. The van der Waals surface area contributed by atoms with Gasteiger partial charge in [0, 0.05) is 6.54 Å². The third-order valence-electron chi connectivity index (χ3n) is 4.00. The van der Waals surface area contributed by atoms with Crippen LogP contribution in [0.25, 0.3) is 22.1 Å². The van der Waals surface area contributed by atoms with Gasteiger partial charge in [-0.3, -0.25) is 0 Å². The summed E-state index contributed by atoms with van der Waals surface area (Å²) in [6.45, 7) is 5.18. The Hall–Kier alpha value is -1.98. The van der Waals surface area contributed by atoms with E-state index in [1.54, 1.807) is 11.8 Å². The van der Waals surface area contributed by atoms with Crippen molar-refractivity contribution in [3.63, 3.8) is 0 Å². The van der Waals surface area contributed by atoms with Gasteiger partial charge in [-0.2, -0.15) is 0 Å². The molecule has 0 saturated heterocycles. The summed E-state index contributed by atoms with van der Waals surface area (Å²) in [4.78, 5) is 12.8. The lowest BCUT2D eigenvalue weighted by Crippen LogP contribution is -2.00. The minimum absolute atomic E-state index is 0. The van der Waals surface area contributed by atoms with E-state index in [9.17, 15) is 0 Å². The van der Waals surface area contributed by atoms with E-state index in [4.69, 9.17) is 4.98 Å². The highest BCUT2D eigenvalue weighted by Gasteiger charge is 2.11. The van der Waals surface area contributed by atoms with E-state index in [1.165, 1.54) is 11.1 Å². The van der Waals surface area contributed by atoms with Gasteiger partial charge in [0.2, 0.25) is 0 Å². The van der Waals surface area contributed by atoms with Crippen molar-refractivity contribution in [2.45, 2.75) is 31.3 Å². The zero-order valence-corrected chi connectivity index (χ0v) is 15.2. The number of aromatic amines is 1. The Morgan fingerprint density at radius 3 is 2.75 bits per heavy atom. The Bertz CT molecular complexity index is 989. The van der Waals surface area contributed by atoms with E-state index in [2.05, 4.69) is 64.8 Å². The van der Waals surface area contributed by atoms with Gasteiger partial charge in [-0.25, -0.2) is 9.97 Å². The van der Waals surface area contributed by atoms with Gasteiger partial charge >= 0.3 is 0 Å². The molecule has 0 aliphatic heterocycles. The maximum Gasteiger partial charge on any atom is 0.166 e. The van der Waals surface area contributed by atoms with Crippen LogP contribution in [0, 0.1) is 6.92 Å². The number of rotatable bonds is 4. The summed E-state index contributed by atoms with van der Waals surface area (Å²) in [6, 6.07) is 14.6. The number of aryl methyl sites for hydroxylation is 2. The van der Waals surface area contributed by atoms with Gasteiger partial charge in [0.15, 0.2) is 5.16 Å². The van der Waals surface area contributed by atoms with Gasteiger partial charge in [0.05, 0.1) is 27.8 Å². The maximum absolute atomic E-state index is 4.77. The molecule has 124 valence electrons. The third-order valence-corrected chi connectivity index (χ3v) is 4.87. The zero-order valence-electron chi connectivity index (χ0n) is 13.6. The highest BCUT2D eigenvalue weighted by atomic mass is 35.5. The number of thioether (sulfide) groups is 1. The number of hydrogen-bond acceptors (Lipinski definition) is 3. The Labute approximate surface area is 151 Å². The molecule has 0 saturated carbocycles. The zero-order chi connectivity index (χ0) is 15.8. The molecule has 2 heterocycles. The summed E-state index contributed by atoms with van der Waals surface area (Å²) >= 11 is 1.70. The van der Waals surface area contributed by atoms with Crippen LogP contribution in [-0.4, -0.2) is 19.5 Å². The van der Waals surface area contributed by atoms with Gasteiger partial charge in [-0.05, 0) is 43.7 Å². The third kappa shape index (κ3) is 3.01. The Kier molecular flexibility index (Phi) is 4.83. The molecule has 0 atom stereocenters. The monoisotopic (exact) mass is 358 g/mol. The van der Waals surface area contributed by atoms with Gasteiger partial charge in [0.25, 0.3) is 0 Å². The highest BCUT2D eigenvalue weighted by molar-refractivity contribution is 7.98. The SMILES string of the molecule is CCn1c(CSc2nc3ccc(C)cc3[nH]2)nc2ccccc21.Cl. The van der Waals surface area contributed by atoms with E-state index >= 15 is 0 Å². The Morgan fingerprint density at radius 2 is 1.92 bits per heavy atom. The summed E-state index contributed by atoms with van der Waals surface area (Å²) in [6.07, 6.45) is 0. The largest absolute Gasteiger partial charge is 0.333 e. The van der Waals surface area contributed by atoms with Crippen LogP contribution in [0.3, 0.4) is 0 Å². The molecule has 4 aromatic rings. The molecule has 1 N–H and O–H groups in total. The smallest absolute Gasteiger partial charge is 0.166 e. The van der Waals surface area contributed by atoms with E-state index in [-0.39, 0.29) is 12.4 Å². The lowest BCUT2D eigenvalue weighted by atomic mass is 10.2. The van der Waals surface area contributed by atoms with Crippen LogP contribution < -0.4 is 0 Å². The van der Waals surface area contributed by atoms with Crippen molar-refractivity contribution in [1.82, 2.24) is 19.5 Å². The van der Waals surface area contributed by atoms with Crippen molar-refractivity contribution in [3.05, 3.63) is 53.9 Å². The quantitative estimate of drug-likeness (QED) is 0.525. The average molecular weight is 359 g/mol. The molecule has 0 spiro atoms. The van der Waals surface area contributed by atoms with Gasteiger partial charge in [-0.15, -0.1) is 12.4 Å². The number of aromatic nitrogens is 4. The minimum atomic E-state index is 0. The number of benzene rings is 2.